The minimum atomic E-state index is 0.331. The van der Waals surface area contributed by atoms with Crippen LogP contribution >= 0.6 is 0 Å². The van der Waals surface area contributed by atoms with Crippen LogP contribution in [0.1, 0.15) is 11.1 Å². The minimum absolute atomic E-state index is 0.331. The van der Waals surface area contributed by atoms with E-state index in [0.29, 0.717) is 5.75 Å². The van der Waals surface area contributed by atoms with E-state index in [-0.39, 0.29) is 0 Å². The highest BCUT2D eigenvalue weighted by atomic mass is 16.5. The van der Waals surface area contributed by atoms with Crippen LogP contribution in [0.4, 0.5) is 0 Å². The van der Waals surface area contributed by atoms with E-state index in [1.165, 1.54) is 0 Å². The number of hydrogen-bond donors (Lipinski definition) is 1. The number of phenolic OH excluding ortho intramolecular Hbond substituents is 1. The number of ether oxygens (including phenoxy) is 1. The molecule has 2 nitrogen and oxygen atoms in total. The molecule has 0 heterocycles. The largest absolute Gasteiger partial charge is 0.508 e. The Balaban J connectivity index is 2.49. The van der Waals surface area contributed by atoms with E-state index in [2.05, 4.69) is 0 Å². The Labute approximate surface area is 101 Å². The van der Waals surface area contributed by atoms with Gasteiger partial charge in [0.25, 0.3) is 0 Å². The average Bonchev–Trinajstić information content (AvgIpc) is 2.32. The quantitative estimate of drug-likeness (QED) is 0.849. The summed E-state index contributed by atoms with van der Waals surface area (Å²) in [6.45, 7) is 3.93. The zero-order valence-electron chi connectivity index (χ0n) is 10.3. The predicted octanol–water partition coefficient (Wildman–Crippen LogP) is 3.68. The summed E-state index contributed by atoms with van der Waals surface area (Å²) >= 11 is 0. The molecule has 0 unspecified atom stereocenters. The summed E-state index contributed by atoms with van der Waals surface area (Å²) in [6, 6.07) is 11.7. The van der Waals surface area contributed by atoms with Crippen LogP contribution in [0.25, 0.3) is 11.1 Å². The fourth-order valence-corrected chi connectivity index (χ4v) is 1.86. The highest BCUT2D eigenvalue weighted by Crippen LogP contribution is 2.30. The summed E-state index contributed by atoms with van der Waals surface area (Å²) in [7, 11) is 1.66. The molecule has 0 spiro atoms. The molecule has 88 valence electrons. The highest BCUT2D eigenvalue weighted by Gasteiger charge is 2.05. The summed E-state index contributed by atoms with van der Waals surface area (Å²) in [5.41, 5.74) is 4.15. The van der Waals surface area contributed by atoms with Gasteiger partial charge in [0.15, 0.2) is 0 Å². The molecule has 0 amide bonds. The van der Waals surface area contributed by atoms with Crippen LogP contribution in [0.5, 0.6) is 11.5 Å². The van der Waals surface area contributed by atoms with Crippen LogP contribution in [0, 0.1) is 13.8 Å². The zero-order chi connectivity index (χ0) is 12.4. The third-order valence-corrected chi connectivity index (χ3v) is 2.95. The number of rotatable bonds is 2. The topological polar surface area (TPSA) is 29.5 Å². The van der Waals surface area contributed by atoms with E-state index in [0.717, 1.165) is 28.0 Å². The smallest absolute Gasteiger partial charge is 0.119 e. The molecular formula is C15H16O2. The summed E-state index contributed by atoms with van der Waals surface area (Å²) in [5, 5.41) is 9.73. The van der Waals surface area contributed by atoms with Crippen LogP contribution in [0.2, 0.25) is 0 Å². The van der Waals surface area contributed by atoms with Crippen molar-refractivity contribution in [1.29, 1.82) is 0 Å². The Bertz CT molecular complexity index is 545. The maximum atomic E-state index is 9.73. The Morgan fingerprint density at radius 1 is 0.941 bits per heavy atom. The van der Waals surface area contributed by atoms with Gasteiger partial charge in [0.2, 0.25) is 0 Å². The molecular weight excluding hydrogens is 212 g/mol. The maximum Gasteiger partial charge on any atom is 0.119 e. The Morgan fingerprint density at radius 3 is 2.29 bits per heavy atom. The first-order chi connectivity index (χ1) is 8.11. The molecule has 0 aliphatic heterocycles. The van der Waals surface area contributed by atoms with E-state index < -0.39 is 0 Å². The van der Waals surface area contributed by atoms with Gasteiger partial charge in [0.1, 0.15) is 11.5 Å². The van der Waals surface area contributed by atoms with Crippen molar-refractivity contribution in [3.05, 3.63) is 47.5 Å². The van der Waals surface area contributed by atoms with Crippen molar-refractivity contribution in [3.63, 3.8) is 0 Å². The number of hydrogen-bond acceptors (Lipinski definition) is 2. The molecule has 2 aromatic rings. The van der Waals surface area contributed by atoms with Gasteiger partial charge >= 0.3 is 0 Å². The van der Waals surface area contributed by atoms with E-state index in [1.807, 2.05) is 44.2 Å². The van der Waals surface area contributed by atoms with Crippen molar-refractivity contribution < 1.29 is 9.84 Å². The summed E-state index contributed by atoms with van der Waals surface area (Å²) in [4.78, 5) is 0. The summed E-state index contributed by atoms with van der Waals surface area (Å²) < 4.78 is 5.18. The normalized spacial score (nSPS) is 10.3. The van der Waals surface area contributed by atoms with Gasteiger partial charge in [-0.1, -0.05) is 18.2 Å². The number of benzene rings is 2. The fraction of sp³-hybridized carbons (Fsp3) is 0.200. The maximum absolute atomic E-state index is 9.73. The molecule has 2 heteroatoms. The molecule has 1 N–H and O–H groups in total. The van der Waals surface area contributed by atoms with Crippen LogP contribution in [0.15, 0.2) is 36.4 Å². The molecule has 0 aliphatic carbocycles. The third-order valence-electron chi connectivity index (χ3n) is 2.95. The SMILES string of the molecule is COc1ccc(-c2ccc(C)c(O)c2)c(C)c1. The van der Waals surface area contributed by atoms with Crippen LogP contribution in [0.3, 0.4) is 0 Å². The number of aryl methyl sites for hydroxylation is 2. The lowest BCUT2D eigenvalue weighted by Crippen LogP contribution is -1.87. The van der Waals surface area contributed by atoms with Crippen molar-refractivity contribution >= 4 is 0 Å². The zero-order valence-corrected chi connectivity index (χ0v) is 10.3. The van der Waals surface area contributed by atoms with Gasteiger partial charge in [-0.05, 0) is 54.3 Å². The van der Waals surface area contributed by atoms with Crippen molar-refractivity contribution in [2.24, 2.45) is 0 Å². The lowest BCUT2D eigenvalue weighted by Gasteiger charge is -2.09. The van der Waals surface area contributed by atoms with Gasteiger partial charge in [0.05, 0.1) is 7.11 Å². The Morgan fingerprint density at radius 2 is 1.71 bits per heavy atom. The van der Waals surface area contributed by atoms with Crippen molar-refractivity contribution in [2.75, 3.05) is 7.11 Å². The molecule has 2 aromatic carbocycles. The number of aromatic hydroxyl groups is 1. The molecule has 0 fully saturated rings. The van der Waals surface area contributed by atoms with E-state index in [4.69, 9.17) is 4.74 Å². The van der Waals surface area contributed by atoms with E-state index >= 15 is 0 Å². The van der Waals surface area contributed by atoms with Crippen molar-refractivity contribution in [3.8, 4) is 22.6 Å². The Kier molecular flexibility index (Phi) is 3.05. The van der Waals surface area contributed by atoms with Crippen LogP contribution < -0.4 is 4.74 Å². The first-order valence-electron chi connectivity index (χ1n) is 5.56. The second-order valence-corrected chi connectivity index (χ2v) is 4.18. The minimum Gasteiger partial charge on any atom is -0.508 e. The molecule has 0 radical (unpaired) electrons. The van der Waals surface area contributed by atoms with Crippen molar-refractivity contribution in [1.82, 2.24) is 0 Å². The van der Waals surface area contributed by atoms with Gasteiger partial charge < -0.3 is 9.84 Å². The highest BCUT2D eigenvalue weighted by molar-refractivity contribution is 5.70. The molecule has 0 saturated heterocycles. The van der Waals surface area contributed by atoms with E-state index in [1.54, 1.807) is 13.2 Å². The van der Waals surface area contributed by atoms with Crippen LogP contribution in [-0.2, 0) is 0 Å². The predicted molar refractivity (Wildman–Crippen MR) is 69.6 cm³/mol. The molecule has 17 heavy (non-hydrogen) atoms. The molecule has 0 aromatic heterocycles. The molecule has 2 rings (SSSR count). The van der Waals surface area contributed by atoms with Gasteiger partial charge in [0, 0.05) is 0 Å². The fourth-order valence-electron chi connectivity index (χ4n) is 1.86. The standard InChI is InChI=1S/C15H16O2/c1-10-4-5-12(9-15(10)16)14-7-6-13(17-3)8-11(14)2/h4-9,16H,1-3H3. The molecule has 0 bridgehead atoms. The first kappa shape index (κ1) is 11.5. The number of phenols is 1. The summed E-state index contributed by atoms with van der Waals surface area (Å²) in [5.74, 6) is 1.18. The van der Waals surface area contributed by atoms with Gasteiger partial charge in [-0.25, -0.2) is 0 Å². The van der Waals surface area contributed by atoms with Gasteiger partial charge in [-0.2, -0.15) is 0 Å². The molecule has 0 aliphatic rings. The van der Waals surface area contributed by atoms with Crippen molar-refractivity contribution in [2.45, 2.75) is 13.8 Å². The number of methoxy groups -OCH3 is 1. The van der Waals surface area contributed by atoms with Crippen LogP contribution in [-0.4, -0.2) is 12.2 Å². The average molecular weight is 228 g/mol. The first-order valence-corrected chi connectivity index (χ1v) is 5.56. The lowest BCUT2D eigenvalue weighted by atomic mass is 9.99. The third kappa shape index (κ3) is 2.26. The summed E-state index contributed by atoms with van der Waals surface area (Å²) in [6.07, 6.45) is 0. The van der Waals surface area contributed by atoms with Gasteiger partial charge in [-0.3, -0.25) is 0 Å². The second-order valence-electron chi connectivity index (χ2n) is 4.18. The van der Waals surface area contributed by atoms with E-state index in [9.17, 15) is 5.11 Å². The monoisotopic (exact) mass is 228 g/mol. The second kappa shape index (κ2) is 4.50. The molecule has 0 saturated carbocycles. The molecule has 0 atom stereocenters. The lowest BCUT2D eigenvalue weighted by molar-refractivity contribution is 0.414. The Hall–Kier alpha value is -1.96. The van der Waals surface area contributed by atoms with Gasteiger partial charge in [-0.15, -0.1) is 0 Å².